The van der Waals surface area contributed by atoms with E-state index in [1.807, 2.05) is 0 Å². The van der Waals surface area contributed by atoms with Crippen molar-refractivity contribution in [1.29, 1.82) is 0 Å². The molecule has 4 nitrogen and oxygen atoms in total. The van der Waals surface area contributed by atoms with Crippen molar-refractivity contribution in [3.05, 3.63) is 34.0 Å². The highest BCUT2D eigenvalue weighted by molar-refractivity contribution is 6.30. The van der Waals surface area contributed by atoms with Crippen LogP contribution in [-0.4, -0.2) is 9.38 Å². The van der Waals surface area contributed by atoms with E-state index in [9.17, 15) is 4.91 Å². The molecule has 0 radical (unpaired) electrons. The summed E-state index contributed by atoms with van der Waals surface area (Å²) in [6, 6.07) is 3.37. The molecule has 0 spiro atoms. The molecular formula is C8H6ClN3O. The quantitative estimate of drug-likeness (QED) is 0.657. The van der Waals surface area contributed by atoms with Crippen molar-refractivity contribution < 1.29 is 0 Å². The molecule has 0 fully saturated rings. The predicted molar refractivity (Wildman–Crippen MR) is 50.4 cm³/mol. The highest BCUT2D eigenvalue weighted by Crippen LogP contribution is 2.21. The highest BCUT2D eigenvalue weighted by atomic mass is 35.5. The molecule has 0 saturated heterocycles. The number of hydrogen-bond acceptors (Lipinski definition) is 3. The SMILES string of the molecule is Cc1nc2cc(Cl)ccn2c1N=O. The van der Waals surface area contributed by atoms with Crippen LogP contribution in [0.1, 0.15) is 5.69 Å². The number of pyridine rings is 1. The topological polar surface area (TPSA) is 46.7 Å². The maximum Gasteiger partial charge on any atom is 0.204 e. The molecule has 0 bridgehead atoms. The fourth-order valence-electron chi connectivity index (χ4n) is 1.23. The van der Waals surface area contributed by atoms with Gasteiger partial charge in [0.2, 0.25) is 5.82 Å². The maximum absolute atomic E-state index is 10.4. The lowest BCUT2D eigenvalue weighted by molar-refractivity contribution is 1.15. The lowest BCUT2D eigenvalue weighted by Crippen LogP contribution is -1.81. The second kappa shape index (κ2) is 2.81. The van der Waals surface area contributed by atoms with Crippen LogP contribution >= 0.6 is 11.6 Å². The lowest BCUT2D eigenvalue weighted by atomic mass is 10.5. The molecule has 66 valence electrons. The van der Waals surface area contributed by atoms with Gasteiger partial charge in [0.15, 0.2) is 0 Å². The predicted octanol–water partition coefficient (Wildman–Crippen LogP) is 2.69. The Balaban J connectivity index is 2.86. The Morgan fingerprint density at radius 1 is 1.62 bits per heavy atom. The van der Waals surface area contributed by atoms with Crippen molar-refractivity contribution in [3.8, 4) is 0 Å². The van der Waals surface area contributed by atoms with Gasteiger partial charge in [0.05, 0.1) is 5.69 Å². The third-order valence-corrected chi connectivity index (χ3v) is 2.05. The number of hydrogen-bond donors (Lipinski definition) is 0. The molecule has 0 saturated carbocycles. The smallest absolute Gasteiger partial charge is 0.204 e. The first-order chi connectivity index (χ1) is 6.22. The van der Waals surface area contributed by atoms with E-state index in [0.717, 1.165) is 0 Å². The Kier molecular flexibility index (Phi) is 1.77. The van der Waals surface area contributed by atoms with Crippen LogP contribution in [0.5, 0.6) is 0 Å². The number of aryl methyl sites for hydroxylation is 1. The van der Waals surface area contributed by atoms with Crippen LogP contribution in [0.2, 0.25) is 5.02 Å². The van der Waals surface area contributed by atoms with E-state index in [2.05, 4.69) is 10.2 Å². The zero-order chi connectivity index (χ0) is 9.42. The van der Waals surface area contributed by atoms with Crippen molar-refractivity contribution in [2.24, 2.45) is 5.18 Å². The zero-order valence-corrected chi connectivity index (χ0v) is 7.62. The molecule has 13 heavy (non-hydrogen) atoms. The summed E-state index contributed by atoms with van der Waals surface area (Å²) in [4.78, 5) is 14.6. The molecule has 0 aliphatic heterocycles. The molecule has 0 N–H and O–H groups in total. The minimum absolute atomic E-state index is 0.326. The molecule has 2 rings (SSSR count). The van der Waals surface area contributed by atoms with Crippen molar-refractivity contribution in [1.82, 2.24) is 9.38 Å². The summed E-state index contributed by atoms with van der Waals surface area (Å²) in [5.41, 5.74) is 1.25. The van der Waals surface area contributed by atoms with Crippen molar-refractivity contribution in [3.63, 3.8) is 0 Å². The first-order valence-electron chi connectivity index (χ1n) is 3.70. The molecular weight excluding hydrogens is 190 g/mol. The van der Waals surface area contributed by atoms with E-state index in [1.54, 1.807) is 29.7 Å². The van der Waals surface area contributed by atoms with Crippen LogP contribution in [0.4, 0.5) is 5.82 Å². The number of fused-ring (bicyclic) bond motifs is 1. The fourth-order valence-corrected chi connectivity index (χ4v) is 1.39. The summed E-state index contributed by atoms with van der Waals surface area (Å²) in [5.74, 6) is 0.326. The molecule has 0 aliphatic rings. The Hall–Kier alpha value is -1.42. The molecule has 0 aromatic carbocycles. The van der Waals surface area contributed by atoms with Crippen LogP contribution in [0, 0.1) is 11.8 Å². The number of nitrogens with zero attached hydrogens (tertiary/aromatic N) is 3. The monoisotopic (exact) mass is 195 g/mol. The van der Waals surface area contributed by atoms with Crippen molar-refractivity contribution in [2.45, 2.75) is 6.92 Å². The van der Waals surface area contributed by atoms with Gasteiger partial charge in [-0.25, -0.2) is 4.98 Å². The maximum atomic E-state index is 10.4. The Morgan fingerprint density at radius 3 is 3.08 bits per heavy atom. The van der Waals surface area contributed by atoms with Gasteiger partial charge in [0.25, 0.3) is 0 Å². The second-order valence-electron chi connectivity index (χ2n) is 2.69. The van der Waals surface area contributed by atoms with E-state index in [0.29, 0.717) is 22.2 Å². The number of nitroso groups, excluding NO2 is 1. The first-order valence-corrected chi connectivity index (χ1v) is 4.08. The average molecular weight is 196 g/mol. The van der Waals surface area contributed by atoms with Crippen molar-refractivity contribution >= 4 is 23.1 Å². The number of halogens is 1. The minimum Gasteiger partial charge on any atom is -0.281 e. The van der Waals surface area contributed by atoms with Gasteiger partial charge < -0.3 is 0 Å². The zero-order valence-electron chi connectivity index (χ0n) is 6.86. The minimum atomic E-state index is 0.326. The van der Waals surface area contributed by atoms with Gasteiger partial charge in [-0.05, 0) is 18.2 Å². The third-order valence-electron chi connectivity index (χ3n) is 1.82. The molecule has 0 atom stereocenters. The first kappa shape index (κ1) is 8.19. The summed E-state index contributed by atoms with van der Waals surface area (Å²) >= 11 is 5.76. The fraction of sp³-hybridized carbons (Fsp3) is 0.125. The third kappa shape index (κ3) is 1.19. The van der Waals surface area contributed by atoms with Gasteiger partial charge in [-0.1, -0.05) is 11.6 Å². The molecule has 5 heteroatoms. The van der Waals surface area contributed by atoms with Gasteiger partial charge in [0.1, 0.15) is 5.65 Å². The van der Waals surface area contributed by atoms with Crippen LogP contribution in [0.3, 0.4) is 0 Å². The Morgan fingerprint density at radius 2 is 2.38 bits per heavy atom. The summed E-state index contributed by atoms with van der Waals surface area (Å²) < 4.78 is 1.61. The van der Waals surface area contributed by atoms with Crippen LogP contribution in [-0.2, 0) is 0 Å². The lowest BCUT2D eigenvalue weighted by Gasteiger charge is -1.93. The van der Waals surface area contributed by atoms with Gasteiger partial charge in [0, 0.05) is 17.3 Å². The summed E-state index contributed by atoms with van der Waals surface area (Å²) in [5, 5.41) is 3.49. The molecule has 2 heterocycles. The largest absolute Gasteiger partial charge is 0.281 e. The Labute approximate surface area is 79.1 Å². The second-order valence-corrected chi connectivity index (χ2v) is 3.12. The summed E-state index contributed by atoms with van der Waals surface area (Å²) in [6.45, 7) is 1.73. The molecule has 0 aliphatic carbocycles. The summed E-state index contributed by atoms with van der Waals surface area (Å²) in [7, 11) is 0. The molecule has 2 aromatic heterocycles. The van der Waals surface area contributed by atoms with Gasteiger partial charge in [-0.3, -0.25) is 4.40 Å². The van der Waals surface area contributed by atoms with Crippen molar-refractivity contribution in [2.75, 3.05) is 0 Å². The van der Waals surface area contributed by atoms with Gasteiger partial charge in [-0.2, -0.15) is 0 Å². The normalized spacial score (nSPS) is 10.6. The van der Waals surface area contributed by atoms with Gasteiger partial charge >= 0.3 is 0 Å². The molecule has 0 amide bonds. The highest BCUT2D eigenvalue weighted by Gasteiger charge is 2.08. The van der Waals surface area contributed by atoms with E-state index < -0.39 is 0 Å². The standard InChI is InChI=1S/C8H6ClN3O/c1-5-8(11-13)12-3-2-6(9)4-7(12)10-5/h2-4H,1H3. The number of imidazole rings is 1. The molecule has 0 unspecified atom stereocenters. The van der Waals surface area contributed by atoms with E-state index >= 15 is 0 Å². The van der Waals surface area contributed by atoms with Crippen LogP contribution in [0.15, 0.2) is 23.5 Å². The average Bonchev–Trinajstić information content (AvgIpc) is 2.39. The molecule has 2 aromatic rings. The van der Waals surface area contributed by atoms with E-state index in [4.69, 9.17) is 11.6 Å². The summed E-state index contributed by atoms with van der Waals surface area (Å²) in [6.07, 6.45) is 1.68. The Bertz CT molecular complexity index is 477. The number of aromatic nitrogens is 2. The van der Waals surface area contributed by atoms with Crippen LogP contribution < -0.4 is 0 Å². The van der Waals surface area contributed by atoms with Gasteiger partial charge in [-0.15, -0.1) is 4.91 Å². The van der Waals surface area contributed by atoms with E-state index in [-0.39, 0.29) is 0 Å². The number of rotatable bonds is 1. The van der Waals surface area contributed by atoms with Crippen LogP contribution in [0.25, 0.3) is 5.65 Å². The van der Waals surface area contributed by atoms with E-state index in [1.165, 1.54) is 0 Å².